The molecule has 13 heavy (non-hydrogen) atoms. The van der Waals surface area contributed by atoms with E-state index < -0.39 is 7.60 Å². The summed E-state index contributed by atoms with van der Waals surface area (Å²) in [5.41, 5.74) is 0. The number of ether oxygens (including phenoxy) is 2. The van der Waals surface area contributed by atoms with Crippen LogP contribution in [0.15, 0.2) is 0 Å². The minimum Gasteiger partial charge on any atom is -0.394 e. The fourth-order valence-electron chi connectivity index (χ4n) is 0.570. The molecule has 0 saturated heterocycles. The van der Waals surface area contributed by atoms with Crippen molar-refractivity contribution in [3.05, 3.63) is 0 Å². The van der Waals surface area contributed by atoms with Crippen molar-refractivity contribution < 1.29 is 28.9 Å². The van der Waals surface area contributed by atoms with Crippen LogP contribution >= 0.6 is 7.60 Å². The first-order valence-corrected chi connectivity index (χ1v) is 5.67. The molecule has 0 aliphatic rings. The first-order chi connectivity index (χ1) is 6.06. The lowest BCUT2D eigenvalue weighted by Crippen LogP contribution is -2.09. The lowest BCUT2D eigenvalue weighted by atomic mass is 10.7. The number of rotatable bonds is 8. The predicted molar refractivity (Wildman–Crippen MR) is 45.6 cm³/mol. The molecule has 0 radical (unpaired) electrons. The van der Waals surface area contributed by atoms with Crippen LogP contribution in [0.2, 0.25) is 0 Å². The molecule has 0 amide bonds. The van der Waals surface area contributed by atoms with Crippen molar-refractivity contribution in [1.29, 1.82) is 0 Å². The third-order valence-electron chi connectivity index (χ3n) is 1.13. The van der Waals surface area contributed by atoms with Crippen molar-refractivity contribution >= 4 is 7.60 Å². The molecule has 0 rings (SSSR count). The SMILES string of the molecule is O=P(O)(O)CCOCCOCCO. The van der Waals surface area contributed by atoms with E-state index in [-0.39, 0.29) is 32.6 Å². The molecule has 0 saturated carbocycles. The minimum absolute atomic E-state index is 0.0206. The van der Waals surface area contributed by atoms with Crippen molar-refractivity contribution in [2.24, 2.45) is 0 Å². The molecule has 7 heteroatoms. The summed E-state index contributed by atoms with van der Waals surface area (Å²) in [6.07, 6.45) is -0.271. The Hall–Kier alpha value is 0.0300. The van der Waals surface area contributed by atoms with E-state index in [0.717, 1.165) is 0 Å². The highest BCUT2D eigenvalue weighted by atomic mass is 31.2. The lowest BCUT2D eigenvalue weighted by molar-refractivity contribution is 0.0368. The summed E-state index contributed by atoms with van der Waals surface area (Å²) in [4.78, 5) is 16.9. The summed E-state index contributed by atoms with van der Waals surface area (Å²) in [5, 5.41) is 8.31. The van der Waals surface area contributed by atoms with Gasteiger partial charge in [0.1, 0.15) is 0 Å². The Bertz CT molecular complexity index is 155. The zero-order valence-corrected chi connectivity index (χ0v) is 8.15. The maximum atomic E-state index is 10.3. The van der Waals surface area contributed by atoms with Crippen LogP contribution in [0, 0.1) is 0 Å². The van der Waals surface area contributed by atoms with Crippen LogP contribution in [0.4, 0.5) is 0 Å². The molecule has 3 N–H and O–H groups in total. The molecule has 0 bridgehead atoms. The maximum Gasteiger partial charge on any atom is 0.327 e. The molecule has 0 aromatic rings. The van der Waals surface area contributed by atoms with E-state index in [0.29, 0.717) is 6.61 Å². The Morgan fingerprint density at radius 2 is 1.54 bits per heavy atom. The molecule has 0 atom stereocenters. The molecule has 0 aromatic carbocycles. The monoisotopic (exact) mass is 214 g/mol. The van der Waals surface area contributed by atoms with Gasteiger partial charge >= 0.3 is 7.60 Å². The fraction of sp³-hybridized carbons (Fsp3) is 1.00. The van der Waals surface area contributed by atoms with E-state index in [9.17, 15) is 4.57 Å². The van der Waals surface area contributed by atoms with Gasteiger partial charge in [0.2, 0.25) is 0 Å². The number of aliphatic hydroxyl groups excluding tert-OH is 1. The van der Waals surface area contributed by atoms with Crippen molar-refractivity contribution in [2.45, 2.75) is 0 Å². The summed E-state index contributed by atoms with van der Waals surface area (Å²) in [7, 11) is -3.93. The largest absolute Gasteiger partial charge is 0.394 e. The van der Waals surface area contributed by atoms with Crippen molar-refractivity contribution in [2.75, 3.05) is 39.2 Å². The second-order valence-electron chi connectivity index (χ2n) is 2.34. The van der Waals surface area contributed by atoms with Gasteiger partial charge in [-0.15, -0.1) is 0 Å². The predicted octanol–water partition coefficient (Wildman–Crippen LogP) is -0.810. The highest BCUT2D eigenvalue weighted by Crippen LogP contribution is 2.33. The highest BCUT2D eigenvalue weighted by Gasteiger charge is 2.11. The summed E-state index contributed by atoms with van der Waals surface area (Å²) in [5.74, 6) is 0. The van der Waals surface area contributed by atoms with E-state index >= 15 is 0 Å². The fourth-order valence-corrected chi connectivity index (χ4v) is 0.937. The third kappa shape index (κ3) is 12.0. The summed E-state index contributed by atoms with van der Waals surface area (Å²) >= 11 is 0. The quantitative estimate of drug-likeness (QED) is 0.361. The maximum absolute atomic E-state index is 10.3. The molecule has 0 fully saturated rings. The Balaban J connectivity index is 3.04. The Labute approximate surface area is 76.6 Å². The van der Waals surface area contributed by atoms with Gasteiger partial charge in [0.05, 0.1) is 39.2 Å². The molecular weight excluding hydrogens is 199 g/mol. The number of aliphatic hydroxyl groups is 1. The van der Waals surface area contributed by atoms with E-state index in [4.69, 9.17) is 24.4 Å². The zero-order chi connectivity index (χ0) is 10.2. The second kappa shape index (κ2) is 7.44. The number of hydrogen-bond donors (Lipinski definition) is 3. The van der Waals surface area contributed by atoms with Crippen LogP contribution in [-0.4, -0.2) is 54.1 Å². The first-order valence-electron chi connectivity index (χ1n) is 3.87. The standard InChI is InChI=1S/C6H15O6P/c7-1-2-11-3-4-12-5-6-13(8,9)10/h7H,1-6H2,(H2,8,9,10). The highest BCUT2D eigenvalue weighted by molar-refractivity contribution is 7.51. The average Bonchev–Trinajstić information content (AvgIpc) is 2.01. The van der Waals surface area contributed by atoms with Crippen LogP contribution in [0.1, 0.15) is 0 Å². The second-order valence-corrected chi connectivity index (χ2v) is 4.11. The molecule has 0 spiro atoms. The van der Waals surface area contributed by atoms with E-state index in [1.807, 2.05) is 0 Å². The lowest BCUT2D eigenvalue weighted by Gasteiger charge is -2.05. The average molecular weight is 214 g/mol. The Morgan fingerprint density at radius 3 is 2.00 bits per heavy atom. The van der Waals surface area contributed by atoms with E-state index in [1.54, 1.807) is 0 Å². The smallest absolute Gasteiger partial charge is 0.327 e. The van der Waals surface area contributed by atoms with Crippen LogP contribution in [0.5, 0.6) is 0 Å². The van der Waals surface area contributed by atoms with Gasteiger partial charge in [0.25, 0.3) is 0 Å². The molecular formula is C6H15O6P. The molecule has 0 heterocycles. The van der Waals surface area contributed by atoms with Gasteiger partial charge in [-0.2, -0.15) is 0 Å². The van der Waals surface area contributed by atoms with Gasteiger partial charge in [-0.3, -0.25) is 4.57 Å². The third-order valence-corrected chi connectivity index (χ3v) is 1.90. The topological polar surface area (TPSA) is 96.2 Å². The van der Waals surface area contributed by atoms with Gasteiger partial charge in [-0.25, -0.2) is 0 Å². The van der Waals surface area contributed by atoms with Crippen molar-refractivity contribution in [1.82, 2.24) is 0 Å². The molecule has 6 nitrogen and oxygen atoms in total. The van der Waals surface area contributed by atoms with E-state index in [2.05, 4.69) is 0 Å². The van der Waals surface area contributed by atoms with Crippen LogP contribution in [0.3, 0.4) is 0 Å². The van der Waals surface area contributed by atoms with Crippen LogP contribution in [-0.2, 0) is 14.0 Å². The molecule has 80 valence electrons. The van der Waals surface area contributed by atoms with Gasteiger partial charge in [0.15, 0.2) is 0 Å². The Morgan fingerprint density at radius 1 is 1.00 bits per heavy atom. The summed E-state index contributed by atoms with van der Waals surface area (Å²) in [6, 6.07) is 0. The molecule has 0 unspecified atom stereocenters. The Kier molecular flexibility index (Phi) is 7.45. The van der Waals surface area contributed by atoms with Crippen molar-refractivity contribution in [3.63, 3.8) is 0 Å². The van der Waals surface area contributed by atoms with Gasteiger partial charge in [0, 0.05) is 0 Å². The zero-order valence-electron chi connectivity index (χ0n) is 7.26. The summed E-state index contributed by atoms with van der Waals surface area (Å²) in [6.45, 7) is 0.832. The first kappa shape index (κ1) is 13.0. The molecule has 0 aliphatic heterocycles. The van der Waals surface area contributed by atoms with E-state index in [1.165, 1.54) is 0 Å². The van der Waals surface area contributed by atoms with Crippen LogP contribution < -0.4 is 0 Å². The normalized spacial score (nSPS) is 11.9. The number of hydrogen-bond acceptors (Lipinski definition) is 4. The minimum atomic E-state index is -3.93. The molecule has 0 aliphatic carbocycles. The van der Waals surface area contributed by atoms with Crippen LogP contribution in [0.25, 0.3) is 0 Å². The van der Waals surface area contributed by atoms with Gasteiger partial charge in [-0.1, -0.05) is 0 Å². The molecule has 0 aromatic heterocycles. The van der Waals surface area contributed by atoms with Gasteiger partial charge in [-0.05, 0) is 0 Å². The van der Waals surface area contributed by atoms with Crippen molar-refractivity contribution in [3.8, 4) is 0 Å². The van der Waals surface area contributed by atoms with Gasteiger partial charge < -0.3 is 24.4 Å². The summed E-state index contributed by atoms with van der Waals surface area (Å²) < 4.78 is 20.0.